The molecule has 122 valence electrons. The smallest absolute Gasteiger partial charge is 0.255 e. The number of pyridine rings is 1. The Kier molecular flexibility index (Phi) is 4.46. The van der Waals surface area contributed by atoms with Crippen molar-refractivity contribution >= 4 is 55.9 Å². The van der Waals surface area contributed by atoms with E-state index in [2.05, 4.69) is 37.9 Å². The van der Waals surface area contributed by atoms with E-state index >= 15 is 0 Å². The fourth-order valence-corrected chi connectivity index (χ4v) is 3.67. The van der Waals surface area contributed by atoms with Crippen LogP contribution in [0.1, 0.15) is 10.4 Å². The van der Waals surface area contributed by atoms with E-state index in [1.165, 1.54) is 0 Å². The van der Waals surface area contributed by atoms with Gasteiger partial charge in [-0.3, -0.25) is 4.79 Å². The van der Waals surface area contributed by atoms with E-state index in [1.807, 2.05) is 60.7 Å². The van der Waals surface area contributed by atoms with E-state index < -0.39 is 0 Å². The summed E-state index contributed by atoms with van der Waals surface area (Å²) < 4.78 is 1.10. The highest BCUT2D eigenvalue weighted by Gasteiger charge is 2.08. The molecule has 0 atom stereocenters. The molecule has 0 spiro atoms. The van der Waals surface area contributed by atoms with Crippen LogP contribution in [0.5, 0.6) is 0 Å². The molecule has 0 bridgehead atoms. The summed E-state index contributed by atoms with van der Waals surface area (Å²) in [7, 11) is 0. The number of amides is 1. The summed E-state index contributed by atoms with van der Waals surface area (Å²) in [4.78, 5) is 22.1. The first-order valence-electron chi connectivity index (χ1n) is 7.58. The number of hydrogen-bond donors (Lipinski definition) is 1. The third kappa shape index (κ3) is 3.54. The second kappa shape index (κ2) is 6.89. The fraction of sp³-hybridized carbons (Fsp3) is 0. The number of hydrogen-bond acceptors (Lipinski definition) is 4. The molecule has 25 heavy (non-hydrogen) atoms. The van der Waals surface area contributed by atoms with Crippen molar-refractivity contribution in [3.8, 4) is 10.6 Å². The highest BCUT2D eigenvalue weighted by atomic mass is 127. The topological polar surface area (TPSA) is 54.9 Å². The van der Waals surface area contributed by atoms with Crippen LogP contribution < -0.4 is 5.32 Å². The molecule has 4 rings (SSSR count). The summed E-state index contributed by atoms with van der Waals surface area (Å²) in [6, 6.07) is 19.0. The molecule has 0 fully saturated rings. The van der Waals surface area contributed by atoms with Gasteiger partial charge in [0.2, 0.25) is 0 Å². The van der Waals surface area contributed by atoms with Crippen LogP contribution in [0.3, 0.4) is 0 Å². The lowest BCUT2D eigenvalue weighted by Gasteiger charge is -2.06. The van der Waals surface area contributed by atoms with Crippen LogP contribution in [0.4, 0.5) is 5.69 Å². The Morgan fingerprint density at radius 2 is 1.76 bits per heavy atom. The van der Waals surface area contributed by atoms with Gasteiger partial charge in [0, 0.05) is 26.6 Å². The normalized spacial score (nSPS) is 10.8. The van der Waals surface area contributed by atoms with Gasteiger partial charge in [-0.25, -0.2) is 9.97 Å². The molecule has 6 heteroatoms. The lowest BCUT2D eigenvalue weighted by molar-refractivity contribution is 0.102. The molecule has 2 aromatic heterocycles. The second-order valence-electron chi connectivity index (χ2n) is 5.39. The van der Waals surface area contributed by atoms with E-state index in [9.17, 15) is 4.79 Å². The Balaban J connectivity index is 1.53. The Labute approximate surface area is 162 Å². The molecule has 4 nitrogen and oxygen atoms in total. The quantitative estimate of drug-likeness (QED) is 0.430. The molecule has 0 saturated carbocycles. The lowest BCUT2D eigenvalue weighted by atomic mass is 10.2. The van der Waals surface area contributed by atoms with Crippen molar-refractivity contribution in [3.05, 3.63) is 76.0 Å². The van der Waals surface area contributed by atoms with Gasteiger partial charge in [-0.1, -0.05) is 11.3 Å². The van der Waals surface area contributed by atoms with Crippen LogP contribution in [0.15, 0.2) is 66.9 Å². The van der Waals surface area contributed by atoms with Crippen molar-refractivity contribution in [2.45, 2.75) is 0 Å². The van der Waals surface area contributed by atoms with Crippen molar-refractivity contribution in [2.24, 2.45) is 0 Å². The van der Waals surface area contributed by atoms with E-state index in [4.69, 9.17) is 0 Å². The number of carbonyl (C=O) groups is 1. The predicted molar refractivity (Wildman–Crippen MR) is 110 cm³/mol. The summed E-state index contributed by atoms with van der Waals surface area (Å²) in [6.07, 6.45) is 1.77. The van der Waals surface area contributed by atoms with E-state index in [-0.39, 0.29) is 5.91 Å². The molecule has 2 heterocycles. The molecule has 4 aromatic rings. The minimum Gasteiger partial charge on any atom is -0.322 e. The SMILES string of the molecule is O=C(Nc1ccc(-c2nc3cccnc3s2)cc1)c1ccc(I)cc1. The minimum absolute atomic E-state index is 0.117. The summed E-state index contributed by atoms with van der Waals surface area (Å²) in [5.74, 6) is -0.117. The van der Waals surface area contributed by atoms with Gasteiger partial charge in [0.1, 0.15) is 15.4 Å². The summed E-state index contributed by atoms with van der Waals surface area (Å²) in [5, 5.41) is 3.83. The Bertz CT molecular complexity index is 1010. The maximum absolute atomic E-state index is 12.3. The average molecular weight is 457 g/mol. The van der Waals surface area contributed by atoms with Crippen LogP contribution in [0, 0.1) is 3.57 Å². The standard InChI is InChI=1S/C19H12IN3OS/c20-14-7-3-12(4-8-14)17(24)22-15-9-5-13(6-10-15)18-23-16-2-1-11-21-19(16)25-18/h1-11H,(H,22,24). The first-order chi connectivity index (χ1) is 12.2. The van der Waals surface area contributed by atoms with Gasteiger partial charge < -0.3 is 5.32 Å². The number of thiazole rings is 1. The second-order valence-corrected chi connectivity index (χ2v) is 7.61. The molecule has 0 aliphatic rings. The van der Waals surface area contributed by atoms with Gasteiger partial charge in [-0.15, -0.1) is 0 Å². The molecule has 0 saturated heterocycles. The van der Waals surface area contributed by atoms with Gasteiger partial charge in [-0.05, 0) is 83.3 Å². The summed E-state index contributed by atoms with van der Waals surface area (Å²) in [6.45, 7) is 0. The summed E-state index contributed by atoms with van der Waals surface area (Å²) >= 11 is 3.77. The number of anilines is 1. The minimum atomic E-state index is -0.117. The van der Waals surface area contributed by atoms with Gasteiger partial charge >= 0.3 is 0 Å². The first-order valence-corrected chi connectivity index (χ1v) is 9.47. The molecule has 0 aliphatic heterocycles. The summed E-state index contributed by atoms with van der Waals surface area (Å²) in [5.41, 5.74) is 3.31. The van der Waals surface area contributed by atoms with Crippen LogP contribution in [-0.2, 0) is 0 Å². The average Bonchev–Trinajstić information content (AvgIpc) is 3.07. The number of carbonyl (C=O) groups excluding carboxylic acids is 1. The highest BCUT2D eigenvalue weighted by Crippen LogP contribution is 2.29. The zero-order valence-corrected chi connectivity index (χ0v) is 15.9. The largest absolute Gasteiger partial charge is 0.322 e. The maximum atomic E-state index is 12.3. The van der Waals surface area contributed by atoms with Crippen molar-refractivity contribution in [1.29, 1.82) is 0 Å². The van der Waals surface area contributed by atoms with Gasteiger partial charge in [0.05, 0.1) is 0 Å². The fourth-order valence-electron chi connectivity index (χ4n) is 2.39. The molecular formula is C19H12IN3OS. The van der Waals surface area contributed by atoms with Crippen LogP contribution in [0.2, 0.25) is 0 Å². The van der Waals surface area contributed by atoms with E-state index in [0.29, 0.717) is 5.56 Å². The van der Waals surface area contributed by atoms with E-state index in [0.717, 1.165) is 30.2 Å². The third-order valence-electron chi connectivity index (χ3n) is 3.66. The number of nitrogens with one attached hydrogen (secondary N) is 1. The molecule has 1 N–H and O–H groups in total. The third-order valence-corrected chi connectivity index (χ3v) is 5.41. The van der Waals surface area contributed by atoms with Crippen molar-refractivity contribution in [2.75, 3.05) is 5.32 Å². The number of rotatable bonds is 3. The number of benzene rings is 2. The monoisotopic (exact) mass is 457 g/mol. The van der Waals surface area contributed by atoms with Crippen LogP contribution >= 0.6 is 33.9 Å². The van der Waals surface area contributed by atoms with Crippen molar-refractivity contribution < 1.29 is 4.79 Å². The molecular weight excluding hydrogens is 445 g/mol. The molecule has 0 unspecified atom stereocenters. The predicted octanol–water partition coefficient (Wildman–Crippen LogP) is 5.22. The van der Waals surface area contributed by atoms with Crippen LogP contribution in [0.25, 0.3) is 20.9 Å². The Morgan fingerprint density at radius 1 is 1.00 bits per heavy atom. The lowest BCUT2D eigenvalue weighted by Crippen LogP contribution is -2.11. The van der Waals surface area contributed by atoms with Crippen molar-refractivity contribution in [1.82, 2.24) is 9.97 Å². The van der Waals surface area contributed by atoms with E-state index in [1.54, 1.807) is 17.5 Å². The van der Waals surface area contributed by atoms with Crippen LogP contribution in [-0.4, -0.2) is 15.9 Å². The van der Waals surface area contributed by atoms with Gasteiger partial charge in [-0.2, -0.15) is 0 Å². The molecule has 0 radical (unpaired) electrons. The van der Waals surface area contributed by atoms with Gasteiger partial charge in [0.15, 0.2) is 0 Å². The maximum Gasteiger partial charge on any atom is 0.255 e. The van der Waals surface area contributed by atoms with Crippen molar-refractivity contribution in [3.63, 3.8) is 0 Å². The Hall–Kier alpha value is -2.32. The molecule has 0 aliphatic carbocycles. The zero-order valence-electron chi connectivity index (χ0n) is 12.9. The zero-order chi connectivity index (χ0) is 17.2. The first kappa shape index (κ1) is 16.2. The number of aromatic nitrogens is 2. The highest BCUT2D eigenvalue weighted by molar-refractivity contribution is 14.1. The molecule has 1 amide bonds. The van der Waals surface area contributed by atoms with Gasteiger partial charge in [0.25, 0.3) is 5.91 Å². The number of fused-ring (bicyclic) bond motifs is 1. The number of nitrogens with zero attached hydrogens (tertiary/aromatic N) is 2. The Morgan fingerprint density at radius 3 is 2.48 bits per heavy atom. The number of halogens is 1. The molecule has 2 aromatic carbocycles.